The third-order valence-corrected chi connectivity index (χ3v) is 17.5. The highest BCUT2D eigenvalue weighted by molar-refractivity contribution is 5.71. The van der Waals surface area contributed by atoms with Gasteiger partial charge in [0.05, 0.1) is 0 Å². The summed E-state index contributed by atoms with van der Waals surface area (Å²) in [4.78, 5) is 38.4. The molecular formula is C76H146O6. The molecule has 0 amide bonds. The quantitative estimate of drug-likeness (QED) is 0.0261. The van der Waals surface area contributed by atoms with Crippen LogP contribution in [0.3, 0.4) is 0 Å². The van der Waals surface area contributed by atoms with E-state index in [1.807, 2.05) is 0 Å². The number of carbonyl (C=O) groups is 3. The van der Waals surface area contributed by atoms with Crippen LogP contribution in [-0.4, -0.2) is 37.2 Å². The maximum atomic E-state index is 12.9. The normalized spacial score (nSPS) is 12.0. The smallest absolute Gasteiger partial charge is 0.306 e. The first-order chi connectivity index (χ1) is 40.5. The van der Waals surface area contributed by atoms with Crippen LogP contribution in [0.15, 0.2) is 12.2 Å². The summed E-state index contributed by atoms with van der Waals surface area (Å²) in [6, 6.07) is 0. The first kappa shape index (κ1) is 80.2. The number of unbranched alkanes of at least 4 members (excludes halogenated alkanes) is 58. The highest BCUT2D eigenvalue weighted by Gasteiger charge is 2.20. The minimum Gasteiger partial charge on any atom is -0.462 e. The van der Waals surface area contributed by atoms with Crippen LogP contribution in [0.5, 0.6) is 0 Å². The Morgan fingerprint density at radius 2 is 0.402 bits per heavy atom. The van der Waals surface area contributed by atoms with Crippen molar-refractivity contribution >= 4 is 17.9 Å². The minimum atomic E-state index is -0.764. The van der Waals surface area contributed by atoms with E-state index < -0.39 is 6.10 Å². The highest BCUT2D eigenvalue weighted by Crippen LogP contribution is 2.20. The SMILES string of the molecule is CCCCCCCCCC/C=C\CCCCCCCCCCCCCCCCCCCCCCCCCC(=O)OCC(COC(=O)CCCCCCCCCCCCCC)OC(=O)CCCCCCCCCCCCCCCCCCC. The Morgan fingerprint density at radius 3 is 0.610 bits per heavy atom. The molecule has 0 radical (unpaired) electrons. The van der Waals surface area contributed by atoms with Crippen molar-refractivity contribution in [3.05, 3.63) is 12.2 Å². The fraction of sp³-hybridized carbons (Fsp3) is 0.934. The van der Waals surface area contributed by atoms with Gasteiger partial charge in [-0.1, -0.05) is 386 Å². The molecule has 0 aromatic rings. The van der Waals surface area contributed by atoms with Crippen molar-refractivity contribution < 1.29 is 28.6 Å². The molecule has 0 aliphatic heterocycles. The molecule has 82 heavy (non-hydrogen) atoms. The van der Waals surface area contributed by atoms with E-state index in [4.69, 9.17) is 14.2 Å². The number of hydrogen-bond acceptors (Lipinski definition) is 6. The minimum absolute atomic E-state index is 0.0615. The Kier molecular flexibility index (Phi) is 70.0. The molecule has 0 heterocycles. The van der Waals surface area contributed by atoms with Gasteiger partial charge in [0.25, 0.3) is 0 Å². The van der Waals surface area contributed by atoms with Gasteiger partial charge in [-0.3, -0.25) is 14.4 Å². The summed E-state index contributed by atoms with van der Waals surface area (Å²) in [6.45, 7) is 6.73. The van der Waals surface area contributed by atoms with Crippen molar-refractivity contribution in [2.45, 2.75) is 444 Å². The van der Waals surface area contributed by atoms with E-state index in [9.17, 15) is 14.4 Å². The molecule has 0 aromatic heterocycles. The summed E-state index contributed by atoms with van der Waals surface area (Å²) < 4.78 is 17.0. The maximum absolute atomic E-state index is 12.9. The zero-order valence-electron chi connectivity index (χ0n) is 56.1. The Labute approximate surface area is 513 Å². The second-order valence-corrected chi connectivity index (χ2v) is 25.9. The lowest BCUT2D eigenvalue weighted by Crippen LogP contribution is -2.30. The summed E-state index contributed by atoms with van der Waals surface area (Å²) in [6.07, 6.45) is 87.1. The predicted molar refractivity (Wildman–Crippen MR) is 358 cm³/mol. The van der Waals surface area contributed by atoms with Crippen LogP contribution in [0.25, 0.3) is 0 Å². The van der Waals surface area contributed by atoms with E-state index in [0.717, 1.165) is 57.8 Å². The van der Waals surface area contributed by atoms with Crippen LogP contribution < -0.4 is 0 Å². The zero-order chi connectivity index (χ0) is 59.2. The van der Waals surface area contributed by atoms with Crippen LogP contribution in [0.1, 0.15) is 438 Å². The molecule has 0 spiro atoms. The van der Waals surface area contributed by atoms with Crippen molar-refractivity contribution in [3.8, 4) is 0 Å². The van der Waals surface area contributed by atoms with Gasteiger partial charge in [-0.05, 0) is 44.9 Å². The van der Waals surface area contributed by atoms with Gasteiger partial charge in [-0.2, -0.15) is 0 Å². The Morgan fingerprint density at radius 1 is 0.232 bits per heavy atom. The highest BCUT2D eigenvalue weighted by atomic mass is 16.6. The molecule has 0 aliphatic rings. The Hall–Kier alpha value is -1.85. The average molecular weight is 1160 g/mol. The second-order valence-electron chi connectivity index (χ2n) is 25.9. The van der Waals surface area contributed by atoms with Crippen molar-refractivity contribution in [3.63, 3.8) is 0 Å². The fourth-order valence-corrected chi connectivity index (χ4v) is 11.9. The van der Waals surface area contributed by atoms with Gasteiger partial charge in [0.1, 0.15) is 13.2 Å². The van der Waals surface area contributed by atoms with Gasteiger partial charge in [0.2, 0.25) is 0 Å². The van der Waals surface area contributed by atoms with E-state index in [-0.39, 0.29) is 31.1 Å². The van der Waals surface area contributed by atoms with E-state index in [1.54, 1.807) is 0 Å². The van der Waals surface area contributed by atoms with Crippen LogP contribution in [0.4, 0.5) is 0 Å². The van der Waals surface area contributed by atoms with Crippen LogP contribution in [0, 0.1) is 0 Å². The van der Waals surface area contributed by atoms with E-state index in [1.165, 1.54) is 340 Å². The summed E-state index contributed by atoms with van der Waals surface area (Å²) in [5.74, 6) is -0.824. The molecule has 0 saturated carbocycles. The molecule has 0 saturated heterocycles. The van der Waals surface area contributed by atoms with Gasteiger partial charge in [0, 0.05) is 19.3 Å². The number of esters is 3. The predicted octanol–water partition coefficient (Wildman–Crippen LogP) is 26.0. The van der Waals surface area contributed by atoms with Gasteiger partial charge < -0.3 is 14.2 Å². The lowest BCUT2D eigenvalue weighted by atomic mass is 10.0. The third-order valence-electron chi connectivity index (χ3n) is 17.5. The van der Waals surface area contributed by atoms with Crippen molar-refractivity contribution in [1.82, 2.24) is 0 Å². The standard InChI is InChI=1S/C76H146O6/c1-4-7-10-13-16-19-22-25-27-29-30-31-32-33-34-35-36-37-38-39-40-41-42-43-44-45-46-48-49-51-54-57-60-63-66-69-75(78)81-72-73(71-80-74(77)68-65-62-59-56-53-24-21-18-15-12-9-6-3)82-76(79)70-67-64-61-58-55-52-50-47-28-26-23-20-17-14-11-8-5-2/h29-30,73H,4-28,31-72H2,1-3H3/b30-29-. The number of rotatable bonds is 71. The average Bonchev–Trinajstić information content (AvgIpc) is 3.47. The second kappa shape index (κ2) is 71.6. The van der Waals surface area contributed by atoms with E-state index in [0.29, 0.717) is 19.3 Å². The largest absolute Gasteiger partial charge is 0.462 e. The monoisotopic (exact) mass is 1160 g/mol. The van der Waals surface area contributed by atoms with E-state index >= 15 is 0 Å². The lowest BCUT2D eigenvalue weighted by Gasteiger charge is -2.18. The molecule has 6 nitrogen and oxygen atoms in total. The topological polar surface area (TPSA) is 78.9 Å². The summed E-state index contributed by atoms with van der Waals surface area (Å²) in [5, 5.41) is 0. The Bertz CT molecular complexity index is 1280. The van der Waals surface area contributed by atoms with Gasteiger partial charge in [0.15, 0.2) is 6.10 Å². The number of ether oxygens (including phenoxy) is 3. The van der Waals surface area contributed by atoms with Gasteiger partial charge >= 0.3 is 17.9 Å². The first-order valence-corrected chi connectivity index (χ1v) is 37.7. The Balaban J connectivity index is 4.02. The molecule has 0 N–H and O–H groups in total. The number of allylic oxidation sites excluding steroid dienone is 2. The number of hydrogen-bond donors (Lipinski definition) is 0. The maximum Gasteiger partial charge on any atom is 0.306 e. The molecule has 0 bridgehead atoms. The van der Waals surface area contributed by atoms with Crippen molar-refractivity contribution in [2.75, 3.05) is 13.2 Å². The summed E-state index contributed by atoms with van der Waals surface area (Å²) >= 11 is 0. The van der Waals surface area contributed by atoms with Crippen LogP contribution >= 0.6 is 0 Å². The van der Waals surface area contributed by atoms with Crippen LogP contribution in [0.2, 0.25) is 0 Å². The third kappa shape index (κ3) is 68.9. The van der Waals surface area contributed by atoms with Crippen molar-refractivity contribution in [2.24, 2.45) is 0 Å². The van der Waals surface area contributed by atoms with Gasteiger partial charge in [-0.25, -0.2) is 0 Å². The molecule has 1 atom stereocenters. The fourth-order valence-electron chi connectivity index (χ4n) is 11.9. The molecular weight excluding hydrogens is 1010 g/mol. The summed E-state index contributed by atoms with van der Waals surface area (Å²) in [5.41, 5.74) is 0. The van der Waals surface area contributed by atoms with Crippen molar-refractivity contribution in [1.29, 1.82) is 0 Å². The molecule has 486 valence electrons. The molecule has 0 fully saturated rings. The lowest BCUT2D eigenvalue weighted by molar-refractivity contribution is -0.167. The summed E-state index contributed by atoms with van der Waals surface area (Å²) in [7, 11) is 0. The molecule has 0 aliphatic carbocycles. The van der Waals surface area contributed by atoms with Gasteiger partial charge in [-0.15, -0.1) is 0 Å². The number of carbonyl (C=O) groups excluding carboxylic acids is 3. The zero-order valence-corrected chi connectivity index (χ0v) is 56.1. The molecule has 0 rings (SSSR count). The van der Waals surface area contributed by atoms with E-state index in [2.05, 4.69) is 32.9 Å². The molecule has 0 aromatic carbocycles. The van der Waals surface area contributed by atoms with Crippen LogP contribution in [-0.2, 0) is 28.6 Å². The molecule has 1 unspecified atom stereocenters. The molecule has 6 heteroatoms. The first-order valence-electron chi connectivity index (χ1n) is 37.7.